The van der Waals surface area contributed by atoms with Crippen molar-refractivity contribution in [3.63, 3.8) is 0 Å². The van der Waals surface area contributed by atoms with Crippen molar-refractivity contribution < 1.29 is 4.79 Å². The number of aromatic nitrogens is 7. The van der Waals surface area contributed by atoms with Crippen molar-refractivity contribution in [3.8, 4) is 5.95 Å². The first-order valence-corrected chi connectivity index (χ1v) is 8.34. The van der Waals surface area contributed by atoms with E-state index in [4.69, 9.17) is 11.5 Å². The summed E-state index contributed by atoms with van der Waals surface area (Å²) in [6.45, 7) is 6.61. The van der Waals surface area contributed by atoms with Crippen LogP contribution in [0.2, 0.25) is 0 Å². The van der Waals surface area contributed by atoms with Crippen LogP contribution in [0.4, 0.5) is 5.82 Å². The van der Waals surface area contributed by atoms with Gasteiger partial charge in [-0.05, 0) is 12.8 Å². The molecule has 26 heavy (non-hydrogen) atoms. The number of nitrogens with two attached hydrogens (primary N) is 2. The van der Waals surface area contributed by atoms with Gasteiger partial charge >= 0.3 is 0 Å². The highest BCUT2D eigenvalue weighted by molar-refractivity contribution is 5.83. The smallest absolute Gasteiger partial charge is 0.237 e. The lowest BCUT2D eigenvalue weighted by atomic mass is 10.1. The first-order valence-electron chi connectivity index (χ1n) is 8.34. The zero-order valence-corrected chi connectivity index (χ0v) is 14.9. The molecule has 5 N–H and O–H groups in total. The Labute approximate surface area is 149 Å². The normalized spacial score (nSPS) is 12.7. The predicted octanol–water partition coefficient (Wildman–Crippen LogP) is -0.391. The molecule has 138 valence electrons. The second kappa shape index (κ2) is 7.04. The average Bonchev–Trinajstić information content (AvgIpc) is 3.23. The Morgan fingerprint density at radius 3 is 2.81 bits per heavy atom. The van der Waals surface area contributed by atoms with Gasteiger partial charge in [-0.25, -0.2) is 15.0 Å². The summed E-state index contributed by atoms with van der Waals surface area (Å²) in [7, 11) is 0. The fourth-order valence-corrected chi connectivity index (χ4v) is 2.48. The molecule has 0 aliphatic carbocycles. The third-order valence-corrected chi connectivity index (χ3v) is 4.07. The molecule has 3 rings (SSSR count). The van der Waals surface area contributed by atoms with Crippen LogP contribution in [-0.2, 0) is 17.9 Å². The summed E-state index contributed by atoms with van der Waals surface area (Å²) < 4.78 is 3.38. The van der Waals surface area contributed by atoms with Crippen molar-refractivity contribution in [2.24, 2.45) is 11.7 Å². The molecule has 1 atom stereocenters. The standard InChI is InChI=1S/C15H22N10O/c1-4-24-13-11(12(17)19-7-20-13)21-15(24)25-6-9(22-23-25)5-18-14(26)10(16)8(2)3/h6-8,10H,4-5,16H2,1-3H3,(H,18,26)(H2,17,19,20)/t10-/m0/s1. The Hall–Kier alpha value is -3.08. The number of hydrogen-bond acceptors (Lipinski definition) is 8. The van der Waals surface area contributed by atoms with Crippen LogP contribution in [0.25, 0.3) is 17.1 Å². The van der Waals surface area contributed by atoms with E-state index in [-0.39, 0.29) is 18.4 Å². The number of anilines is 1. The first-order chi connectivity index (χ1) is 12.4. The molecule has 0 radical (unpaired) electrons. The van der Waals surface area contributed by atoms with Gasteiger partial charge in [-0.1, -0.05) is 19.1 Å². The topological polar surface area (TPSA) is 155 Å². The van der Waals surface area contributed by atoms with Gasteiger partial charge in [-0.3, -0.25) is 9.36 Å². The van der Waals surface area contributed by atoms with E-state index in [2.05, 4.69) is 30.6 Å². The molecular weight excluding hydrogens is 336 g/mol. The number of nitrogens with zero attached hydrogens (tertiary/aromatic N) is 7. The van der Waals surface area contributed by atoms with E-state index in [1.165, 1.54) is 11.0 Å². The molecule has 0 fully saturated rings. The van der Waals surface area contributed by atoms with E-state index in [1.807, 2.05) is 25.3 Å². The highest BCUT2D eigenvalue weighted by Crippen LogP contribution is 2.19. The van der Waals surface area contributed by atoms with Crippen LogP contribution in [0, 0.1) is 5.92 Å². The minimum atomic E-state index is -0.559. The van der Waals surface area contributed by atoms with Crippen molar-refractivity contribution in [1.29, 1.82) is 0 Å². The molecule has 0 bridgehead atoms. The first kappa shape index (κ1) is 17.7. The third-order valence-electron chi connectivity index (χ3n) is 4.07. The third kappa shape index (κ3) is 3.20. The molecule has 3 aromatic heterocycles. The summed E-state index contributed by atoms with van der Waals surface area (Å²) in [4.78, 5) is 24.6. The Kier molecular flexibility index (Phi) is 4.80. The average molecular weight is 358 g/mol. The molecule has 0 spiro atoms. The molecule has 0 aromatic carbocycles. The number of rotatable bonds is 6. The number of hydrogen-bond donors (Lipinski definition) is 3. The van der Waals surface area contributed by atoms with E-state index >= 15 is 0 Å². The highest BCUT2D eigenvalue weighted by atomic mass is 16.2. The Bertz CT molecular complexity index is 928. The lowest BCUT2D eigenvalue weighted by molar-refractivity contribution is -0.123. The van der Waals surface area contributed by atoms with E-state index in [0.29, 0.717) is 35.2 Å². The molecule has 1 amide bonds. The van der Waals surface area contributed by atoms with Crippen molar-refractivity contribution in [3.05, 3.63) is 18.2 Å². The van der Waals surface area contributed by atoms with E-state index in [9.17, 15) is 4.79 Å². The summed E-state index contributed by atoms with van der Waals surface area (Å²) in [5, 5.41) is 10.9. The van der Waals surface area contributed by atoms with Gasteiger partial charge in [0.15, 0.2) is 17.0 Å². The second-order valence-electron chi connectivity index (χ2n) is 6.23. The summed E-state index contributed by atoms with van der Waals surface area (Å²) in [5.74, 6) is 0.664. The van der Waals surface area contributed by atoms with Crippen LogP contribution < -0.4 is 16.8 Å². The van der Waals surface area contributed by atoms with Crippen LogP contribution in [0.3, 0.4) is 0 Å². The number of aryl methyl sites for hydroxylation is 1. The van der Waals surface area contributed by atoms with Crippen LogP contribution in [-0.4, -0.2) is 46.5 Å². The molecule has 11 heteroatoms. The fourth-order valence-electron chi connectivity index (χ4n) is 2.48. The van der Waals surface area contributed by atoms with Crippen molar-refractivity contribution in [2.75, 3.05) is 5.73 Å². The minimum Gasteiger partial charge on any atom is -0.382 e. The number of nitrogen functional groups attached to an aromatic ring is 1. The van der Waals surface area contributed by atoms with Crippen LogP contribution in [0.1, 0.15) is 26.5 Å². The van der Waals surface area contributed by atoms with Crippen molar-refractivity contribution >= 4 is 22.9 Å². The van der Waals surface area contributed by atoms with Gasteiger partial charge in [-0.15, -0.1) is 5.10 Å². The monoisotopic (exact) mass is 358 g/mol. The van der Waals surface area contributed by atoms with Gasteiger partial charge in [-0.2, -0.15) is 4.68 Å². The van der Waals surface area contributed by atoms with E-state index < -0.39 is 6.04 Å². The van der Waals surface area contributed by atoms with Crippen LogP contribution >= 0.6 is 0 Å². The fraction of sp³-hybridized carbons (Fsp3) is 0.467. The molecule has 0 unspecified atom stereocenters. The quantitative estimate of drug-likeness (QED) is 0.538. The predicted molar refractivity (Wildman–Crippen MR) is 95.0 cm³/mol. The number of amides is 1. The summed E-state index contributed by atoms with van der Waals surface area (Å²) in [6.07, 6.45) is 3.09. The van der Waals surface area contributed by atoms with Crippen LogP contribution in [0.15, 0.2) is 12.5 Å². The molecule has 0 aliphatic heterocycles. The van der Waals surface area contributed by atoms with Gasteiger partial charge < -0.3 is 16.8 Å². The number of imidazole rings is 1. The summed E-state index contributed by atoms with van der Waals surface area (Å²) in [5.41, 5.74) is 13.4. The lowest BCUT2D eigenvalue weighted by Gasteiger charge is -2.14. The van der Waals surface area contributed by atoms with Crippen molar-refractivity contribution in [1.82, 2.24) is 39.8 Å². The maximum atomic E-state index is 12.0. The largest absolute Gasteiger partial charge is 0.382 e. The Morgan fingerprint density at radius 2 is 2.12 bits per heavy atom. The molecule has 11 nitrogen and oxygen atoms in total. The Balaban J connectivity index is 1.83. The van der Waals surface area contributed by atoms with E-state index in [1.54, 1.807) is 6.20 Å². The summed E-state index contributed by atoms with van der Waals surface area (Å²) >= 11 is 0. The number of fused-ring (bicyclic) bond motifs is 1. The number of carbonyl (C=O) groups excluding carboxylic acids is 1. The van der Waals surface area contributed by atoms with Gasteiger partial charge in [0.1, 0.15) is 12.0 Å². The van der Waals surface area contributed by atoms with Gasteiger partial charge in [0, 0.05) is 6.54 Å². The number of carbonyl (C=O) groups is 1. The Morgan fingerprint density at radius 1 is 1.35 bits per heavy atom. The van der Waals surface area contributed by atoms with Gasteiger partial charge in [0.2, 0.25) is 11.9 Å². The molecule has 3 heterocycles. The molecule has 3 aromatic rings. The van der Waals surface area contributed by atoms with Crippen molar-refractivity contribution in [2.45, 2.75) is 39.9 Å². The zero-order chi connectivity index (χ0) is 18.8. The maximum absolute atomic E-state index is 12.0. The lowest BCUT2D eigenvalue weighted by Crippen LogP contribution is -2.43. The highest BCUT2D eigenvalue weighted by Gasteiger charge is 2.19. The maximum Gasteiger partial charge on any atom is 0.237 e. The molecule has 0 saturated carbocycles. The molecule has 0 saturated heterocycles. The van der Waals surface area contributed by atoms with Gasteiger partial charge in [0.05, 0.1) is 18.8 Å². The van der Waals surface area contributed by atoms with E-state index in [0.717, 1.165) is 0 Å². The zero-order valence-electron chi connectivity index (χ0n) is 14.9. The summed E-state index contributed by atoms with van der Waals surface area (Å²) in [6, 6.07) is -0.559. The minimum absolute atomic E-state index is 0.0571. The molecular formula is C15H22N10O. The van der Waals surface area contributed by atoms with Gasteiger partial charge in [0.25, 0.3) is 0 Å². The molecule has 0 aliphatic rings. The second-order valence-corrected chi connectivity index (χ2v) is 6.23. The van der Waals surface area contributed by atoms with Crippen LogP contribution in [0.5, 0.6) is 0 Å². The SMILES string of the molecule is CCn1c(-n2cc(CNC(=O)[C@@H](N)C(C)C)nn2)nc2c(N)ncnc21. The number of nitrogens with one attached hydrogen (secondary N) is 1.